The van der Waals surface area contributed by atoms with Gasteiger partial charge in [0.1, 0.15) is 29.5 Å². The van der Waals surface area contributed by atoms with E-state index in [-0.39, 0.29) is 26.4 Å². The molecule has 0 amide bonds. The average Bonchev–Trinajstić information content (AvgIpc) is 3.20. The van der Waals surface area contributed by atoms with Crippen molar-refractivity contribution in [3.63, 3.8) is 0 Å². The van der Waals surface area contributed by atoms with Gasteiger partial charge in [-0.15, -0.1) is 0 Å². The van der Waals surface area contributed by atoms with Crippen LogP contribution in [0.4, 0.5) is 0 Å². The van der Waals surface area contributed by atoms with Crippen molar-refractivity contribution in [2.45, 2.75) is 113 Å². The monoisotopic (exact) mass is 854 g/mol. The number of methoxy groups -OCH3 is 1. The van der Waals surface area contributed by atoms with E-state index < -0.39 is 90.4 Å². The fourth-order valence-electron chi connectivity index (χ4n) is 6.68. The van der Waals surface area contributed by atoms with Gasteiger partial charge in [0, 0.05) is 39.5 Å². The summed E-state index contributed by atoms with van der Waals surface area (Å²) in [5.41, 5.74) is 0.627. The molecule has 0 aliphatic carbocycles. The van der Waals surface area contributed by atoms with E-state index in [1.54, 1.807) is 19.2 Å². The Hall–Kier alpha value is -5.04. The van der Waals surface area contributed by atoms with Crippen LogP contribution in [0.1, 0.15) is 45.7 Å². The molecular weight excluding hydrogens is 805 g/mol. The highest BCUT2D eigenvalue weighted by atomic mass is 32.2. The third-order valence-corrected chi connectivity index (χ3v) is 10.3. The van der Waals surface area contributed by atoms with Crippen molar-refractivity contribution in [3.8, 4) is 5.75 Å². The Bertz CT molecular complexity index is 1860. The van der Waals surface area contributed by atoms with Crippen molar-refractivity contribution < 1.29 is 76.1 Å². The summed E-state index contributed by atoms with van der Waals surface area (Å²) in [4.78, 5) is 63.6. The molecular formula is C43H50O16S. The zero-order valence-electron chi connectivity index (χ0n) is 34.1. The number of hydrogen-bond donors (Lipinski definition) is 0. The highest BCUT2D eigenvalue weighted by molar-refractivity contribution is 7.99. The molecule has 0 saturated carbocycles. The molecule has 16 nitrogen and oxygen atoms in total. The summed E-state index contributed by atoms with van der Waals surface area (Å²) < 4.78 is 65.8. The van der Waals surface area contributed by atoms with Crippen LogP contribution in [0.5, 0.6) is 5.75 Å². The number of rotatable bonds is 18. The number of thioether (sulfide) groups is 1. The first-order valence-electron chi connectivity index (χ1n) is 19.2. The zero-order chi connectivity index (χ0) is 43.2. The topological polar surface area (TPSA) is 187 Å². The van der Waals surface area contributed by atoms with E-state index in [4.69, 9.17) is 52.1 Å². The first-order chi connectivity index (χ1) is 28.8. The predicted molar refractivity (Wildman–Crippen MR) is 211 cm³/mol. The standard InChI is InChI=1S/C43H50O16S/c1-25(44)53-37-34(23-50-21-31-17-19-32(49-6)20-18-31)58-42(40(56-28(4)47)39(37)55-27(3)46)52-24-35-36(51-22-30-13-9-7-10-14-30)38(54-26(2)45)41(57-29(5)48)43(59-35)60-33-15-11-8-12-16-33/h7-20,34-43H,21-24H2,1-6H3/t34-,35-,36-,37-,38+,39+,40-,41-,42-,43+/m1/s1. The molecule has 2 saturated heterocycles. The summed E-state index contributed by atoms with van der Waals surface area (Å²) in [5, 5.41) is 0. The minimum absolute atomic E-state index is 0.0363. The molecule has 10 atom stereocenters. The molecule has 0 spiro atoms. The van der Waals surface area contributed by atoms with Crippen molar-refractivity contribution in [3.05, 3.63) is 96.1 Å². The Morgan fingerprint density at radius 2 is 1.02 bits per heavy atom. The molecule has 3 aromatic rings. The van der Waals surface area contributed by atoms with Gasteiger partial charge in [0.05, 0.1) is 33.5 Å². The summed E-state index contributed by atoms with van der Waals surface area (Å²) in [6.45, 7) is 5.54. The van der Waals surface area contributed by atoms with Gasteiger partial charge in [-0.3, -0.25) is 24.0 Å². The molecule has 324 valence electrons. The number of hydrogen-bond acceptors (Lipinski definition) is 17. The Morgan fingerprint density at radius 3 is 1.60 bits per heavy atom. The van der Waals surface area contributed by atoms with Gasteiger partial charge in [-0.1, -0.05) is 72.4 Å². The lowest BCUT2D eigenvalue weighted by Gasteiger charge is -2.46. The van der Waals surface area contributed by atoms with Crippen LogP contribution >= 0.6 is 11.8 Å². The molecule has 2 fully saturated rings. The van der Waals surface area contributed by atoms with Crippen molar-refractivity contribution in [1.29, 1.82) is 0 Å². The maximum absolute atomic E-state index is 12.7. The SMILES string of the molecule is COc1ccc(COC[C@H]2O[C@@H](OC[C@H]3O[C@@H](Sc4ccccc4)[C@H](OC(C)=O)[C@@H](OC(C)=O)[C@@H]3OCc3ccccc3)[C@H](OC(C)=O)[C@@H](OC(C)=O)[C@@H]2OC(C)=O)cc1. The number of carbonyl (C=O) groups excluding carboxylic acids is 5. The highest BCUT2D eigenvalue weighted by Gasteiger charge is 2.55. The third kappa shape index (κ3) is 13.5. The molecule has 0 N–H and O–H groups in total. The Morgan fingerprint density at radius 1 is 0.517 bits per heavy atom. The minimum atomic E-state index is -1.48. The van der Waals surface area contributed by atoms with Gasteiger partial charge in [-0.2, -0.15) is 0 Å². The smallest absolute Gasteiger partial charge is 0.303 e. The van der Waals surface area contributed by atoms with Crippen LogP contribution < -0.4 is 4.74 Å². The van der Waals surface area contributed by atoms with Crippen molar-refractivity contribution in [2.24, 2.45) is 0 Å². The van der Waals surface area contributed by atoms with E-state index in [0.29, 0.717) is 5.75 Å². The largest absolute Gasteiger partial charge is 0.497 e. The van der Waals surface area contributed by atoms with Crippen LogP contribution in [0.25, 0.3) is 0 Å². The second kappa shape index (κ2) is 22.5. The van der Waals surface area contributed by atoms with Gasteiger partial charge in [0.25, 0.3) is 0 Å². The molecule has 3 aromatic carbocycles. The molecule has 60 heavy (non-hydrogen) atoms. The summed E-state index contributed by atoms with van der Waals surface area (Å²) >= 11 is 1.23. The fourth-order valence-corrected chi connectivity index (χ4v) is 7.80. The van der Waals surface area contributed by atoms with E-state index in [9.17, 15) is 24.0 Å². The van der Waals surface area contributed by atoms with Gasteiger partial charge in [0.2, 0.25) is 0 Å². The fraction of sp³-hybridized carbons (Fsp3) is 0.465. The molecule has 2 aliphatic heterocycles. The van der Waals surface area contributed by atoms with Gasteiger partial charge < -0.3 is 52.1 Å². The van der Waals surface area contributed by atoms with Gasteiger partial charge >= 0.3 is 29.8 Å². The summed E-state index contributed by atoms with van der Waals surface area (Å²) in [6.07, 6.45) is -11.3. The maximum Gasteiger partial charge on any atom is 0.303 e. The number of carbonyl (C=O) groups is 5. The maximum atomic E-state index is 12.7. The normalized spacial score (nSPS) is 26.2. The number of esters is 5. The van der Waals surface area contributed by atoms with Gasteiger partial charge in [-0.05, 0) is 35.4 Å². The van der Waals surface area contributed by atoms with Crippen LogP contribution in [0, 0.1) is 0 Å². The first-order valence-corrected chi connectivity index (χ1v) is 20.1. The Kier molecular flexibility index (Phi) is 17.3. The molecule has 2 heterocycles. The lowest BCUT2D eigenvalue weighted by Crippen LogP contribution is -2.64. The van der Waals surface area contributed by atoms with E-state index in [1.807, 2.05) is 72.8 Å². The lowest BCUT2D eigenvalue weighted by molar-refractivity contribution is -0.319. The second-order valence-corrected chi connectivity index (χ2v) is 15.0. The summed E-state index contributed by atoms with van der Waals surface area (Å²) in [7, 11) is 1.56. The van der Waals surface area contributed by atoms with Crippen LogP contribution in [-0.4, -0.2) is 111 Å². The molecule has 17 heteroatoms. The third-order valence-electron chi connectivity index (χ3n) is 9.11. The van der Waals surface area contributed by atoms with Gasteiger partial charge in [-0.25, -0.2) is 0 Å². The van der Waals surface area contributed by atoms with E-state index >= 15 is 0 Å². The van der Waals surface area contributed by atoms with E-state index in [1.165, 1.54) is 32.5 Å². The Balaban J connectivity index is 1.49. The number of benzene rings is 3. The van der Waals surface area contributed by atoms with Gasteiger partial charge in [0.15, 0.2) is 36.8 Å². The molecule has 0 unspecified atom stereocenters. The van der Waals surface area contributed by atoms with Crippen LogP contribution in [0.15, 0.2) is 89.8 Å². The highest BCUT2D eigenvalue weighted by Crippen LogP contribution is 2.39. The van der Waals surface area contributed by atoms with Crippen LogP contribution in [-0.2, 0) is 84.6 Å². The molecule has 2 aliphatic rings. The molecule has 0 bridgehead atoms. The van der Waals surface area contributed by atoms with Crippen molar-refractivity contribution >= 4 is 41.6 Å². The van der Waals surface area contributed by atoms with Crippen LogP contribution in [0.2, 0.25) is 0 Å². The molecule has 0 radical (unpaired) electrons. The zero-order valence-corrected chi connectivity index (χ0v) is 34.9. The lowest BCUT2D eigenvalue weighted by atomic mass is 9.97. The van der Waals surface area contributed by atoms with Crippen molar-refractivity contribution in [2.75, 3.05) is 20.3 Å². The first kappa shape index (κ1) is 46.0. The number of ether oxygens (including phenoxy) is 11. The molecule has 5 rings (SSSR count). The van der Waals surface area contributed by atoms with E-state index in [2.05, 4.69) is 0 Å². The summed E-state index contributed by atoms with van der Waals surface area (Å²) in [6, 6.07) is 25.6. The quantitative estimate of drug-likeness (QED) is 0.126. The Labute approximate surface area is 352 Å². The van der Waals surface area contributed by atoms with Crippen molar-refractivity contribution in [1.82, 2.24) is 0 Å². The second-order valence-electron chi connectivity index (χ2n) is 13.8. The molecule has 0 aromatic heterocycles. The minimum Gasteiger partial charge on any atom is -0.497 e. The average molecular weight is 855 g/mol. The van der Waals surface area contributed by atoms with Crippen LogP contribution in [0.3, 0.4) is 0 Å². The van der Waals surface area contributed by atoms with E-state index in [0.717, 1.165) is 29.9 Å². The summed E-state index contributed by atoms with van der Waals surface area (Å²) in [5.74, 6) is -2.92. The predicted octanol–water partition coefficient (Wildman–Crippen LogP) is 4.71.